The number of fused-ring (bicyclic) bond motifs is 1. The van der Waals surface area contributed by atoms with Gasteiger partial charge in [0.25, 0.3) is 5.91 Å². The molecule has 0 bridgehead atoms. The van der Waals surface area contributed by atoms with Gasteiger partial charge in [0.2, 0.25) is 0 Å². The third-order valence-electron chi connectivity index (χ3n) is 4.40. The van der Waals surface area contributed by atoms with Gasteiger partial charge in [-0.2, -0.15) is 5.26 Å². The molecule has 1 aromatic carbocycles. The Morgan fingerprint density at radius 3 is 2.63 bits per heavy atom. The number of nitrogens with one attached hydrogen (secondary N) is 1. The number of hydrogen-bond donors (Lipinski definition) is 2. The van der Waals surface area contributed by atoms with Crippen LogP contribution in [0.25, 0.3) is 22.2 Å². The predicted octanol–water partition coefficient (Wildman–Crippen LogP) is 2.44. The van der Waals surface area contributed by atoms with Crippen molar-refractivity contribution in [2.45, 2.75) is 0 Å². The van der Waals surface area contributed by atoms with Crippen LogP contribution in [-0.2, 0) is 0 Å². The summed E-state index contributed by atoms with van der Waals surface area (Å²) in [5, 5.41) is 20.1. The molecule has 2 N–H and O–H groups in total. The fourth-order valence-electron chi connectivity index (χ4n) is 2.85. The number of hydrogen-bond acceptors (Lipinski definition) is 5. The Morgan fingerprint density at radius 1 is 1.22 bits per heavy atom. The lowest BCUT2D eigenvalue weighted by Gasteiger charge is -2.19. The smallest absolute Gasteiger partial charge is 0.255 e. The second-order valence-electron chi connectivity index (χ2n) is 6.68. The average Bonchev–Trinajstić information content (AvgIpc) is 3.00. The number of aromatic nitrogens is 2. The maximum Gasteiger partial charge on any atom is 0.255 e. The number of nitrogens with zero attached hydrogens (tertiary/aromatic N) is 4. The summed E-state index contributed by atoms with van der Waals surface area (Å²) in [4.78, 5) is 23.4. The fraction of sp³-hybridized carbons (Fsp3) is 0.250. The van der Waals surface area contributed by atoms with Gasteiger partial charge in [-0.3, -0.25) is 9.78 Å². The van der Waals surface area contributed by atoms with Crippen LogP contribution in [-0.4, -0.2) is 65.0 Å². The molecule has 0 spiro atoms. The van der Waals surface area contributed by atoms with E-state index in [0.29, 0.717) is 34.4 Å². The van der Waals surface area contributed by atoms with Crippen LogP contribution in [0.1, 0.15) is 15.9 Å². The van der Waals surface area contributed by atoms with Crippen molar-refractivity contribution in [2.75, 3.05) is 34.2 Å². The van der Waals surface area contributed by atoms with Gasteiger partial charge in [0.1, 0.15) is 0 Å². The van der Waals surface area contributed by atoms with Crippen molar-refractivity contribution in [2.24, 2.45) is 0 Å². The summed E-state index contributed by atoms with van der Waals surface area (Å²) in [5.74, 6) is -0.118. The Kier molecular flexibility index (Phi) is 5.10. The van der Waals surface area contributed by atoms with Crippen molar-refractivity contribution < 1.29 is 9.90 Å². The molecular formula is C20H21N5O2. The van der Waals surface area contributed by atoms with E-state index >= 15 is 0 Å². The van der Waals surface area contributed by atoms with Crippen LogP contribution < -0.4 is 0 Å². The van der Waals surface area contributed by atoms with Crippen molar-refractivity contribution in [3.63, 3.8) is 0 Å². The first-order valence-electron chi connectivity index (χ1n) is 8.52. The first-order chi connectivity index (χ1) is 12.9. The summed E-state index contributed by atoms with van der Waals surface area (Å²) >= 11 is 0. The summed E-state index contributed by atoms with van der Waals surface area (Å²) in [6, 6.07) is 10.6. The number of carbonyl (C=O) groups excluding carboxylic acids is 1. The molecule has 7 heteroatoms. The molecule has 0 unspecified atom stereocenters. The van der Waals surface area contributed by atoms with Gasteiger partial charge in [-0.1, -0.05) is 6.07 Å². The molecule has 0 aliphatic rings. The number of likely N-dealkylation sites (N-methyl/N-ethyl adjacent to an activating group) is 2. The number of nitriles is 1. The maximum atomic E-state index is 12.5. The van der Waals surface area contributed by atoms with Gasteiger partial charge >= 0.3 is 0 Å². The molecule has 3 aromatic rings. The molecule has 3 rings (SSSR count). The minimum atomic E-state index is -0.0993. The summed E-state index contributed by atoms with van der Waals surface area (Å²) in [6.45, 7) is 1.40. The molecule has 2 heterocycles. The highest BCUT2D eigenvalue weighted by atomic mass is 16.3. The van der Waals surface area contributed by atoms with E-state index in [2.05, 4.69) is 16.0 Å². The van der Waals surface area contributed by atoms with Crippen LogP contribution in [0.5, 0.6) is 5.88 Å². The number of pyridine rings is 1. The van der Waals surface area contributed by atoms with E-state index in [0.717, 1.165) is 11.9 Å². The van der Waals surface area contributed by atoms with Crippen LogP contribution in [0.3, 0.4) is 0 Å². The Bertz CT molecular complexity index is 1020. The summed E-state index contributed by atoms with van der Waals surface area (Å²) in [7, 11) is 5.68. The molecule has 0 radical (unpaired) electrons. The molecule has 2 aromatic heterocycles. The SMILES string of the molecule is CN(C)CCN(C)C(=O)c1ccc(-c2c(O)[nH]c3cc(C#N)ccc23)nc1. The monoisotopic (exact) mass is 363 g/mol. The Labute approximate surface area is 157 Å². The first-order valence-corrected chi connectivity index (χ1v) is 8.52. The zero-order valence-corrected chi connectivity index (χ0v) is 15.5. The standard InChI is InChI=1S/C20H21N5O2/c1-24(2)8-9-25(3)20(27)14-5-7-16(22-12-14)18-15-6-4-13(11-21)10-17(15)23-19(18)26/h4-7,10,12,23,26H,8-9H2,1-3H3. The lowest BCUT2D eigenvalue weighted by Crippen LogP contribution is -2.33. The highest BCUT2D eigenvalue weighted by Crippen LogP contribution is 2.35. The normalized spacial score (nSPS) is 10.9. The van der Waals surface area contributed by atoms with Gasteiger partial charge < -0.3 is 19.9 Å². The number of H-pyrrole nitrogens is 1. The summed E-state index contributed by atoms with van der Waals surface area (Å²) in [5.41, 5.74) is 2.76. The van der Waals surface area contributed by atoms with Crippen molar-refractivity contribution in [1.82, 2.24) is 19.8 Å². The van der Waals surface area contributed by atoms with Crippen LogP contribution >= 0.6 is 0 Å². The molecule has 138 valence electrons. The van der Waals surface area contributed by atoms with Crippen molar-refractivity contribution in [3.8, 4) is 23.2 Å². The van der Waals surface area contributed by atoms with Gasteiger partial charge in [0.05, 0.1) is 34.0 Å². The van der Waals surface area contributed by atoms with Gasteiger partial charge in [-0.25, -0.2) is 0 Å². The van der Waals surface area contributed by atoms with E-state index in [-0.39, 0.29) is 11.8 Å². The van der Waals surface area contributed by atoms with Crippen molar-refractivity contribution >= 4 is 16.8 Å². The topological polar surface area (TPSA) is 96.2 Å². The molecule has 0 aliphatic carbocycles. The zero-order chi connectivity index (χ0) is 19.6. The van der Waals surface area contributed by atoms with Gasteiger partial charge in [-0.05, 0) is 38.4 Å². The van der Waals surface area contributed by atoms with E-state index in [1.807, 2.05) is 19.0 Å². The zero-order valence-electron chi connectivity index (χ0n) is 15.5. The minimum absolute atomic E-state index is 0.0187. The molecule has 7 nitrogen and oxygen atoms in total. The quantitative estimate of drug-likeness (QED) is 0.726. The van der Waals surface area contributed by atoms with E-state index in [4.69, 9.17) is 5.26 Å². The molecule has 0 saturated heterocycles. The van der Waals surface area contributed by atoms with E-state index < -0.39 is 0 Å². The molecule has 0 aliphatic heterocycles. The number of aromatic amines is 1. The molecule has 1 amide bonds. The average molecular weight is 363 g/mol. The van der Waals surface area contributed by atoms with Gasteiger partial charge in [0.15, 0.2) is 5.88 Å². The maximum absolute atomic E-state index is 12.5. The van der Waals surface area contributed by atoms with Crippen molar-refractivity contribution in [3.05, 3.63) is 47.7 Å². The second kappa shape index (κ2) is 7.48. The summed E-state index contributed by atoms with van der Waals surface area (Å²) in [6.07, 6.45) is 1.52. The van der Waals surface area contributed by atoms with Crippen LogP contribution in [0.2, 0.25) is 0 Å². The highest BCUT2D eigenvalue weighted by molar-refractivity contribution is 5.99. The Hall–Kier alpha value is -3.37. The molecule has 27 heavy (non-hydrogen) atoms. The van der Waals surface area contributed by atoms with Gasteiger partial charge in [-0.15, -0.1) is 0 Å². The lowest BCUT2D eigenvalue weighted by atomic mass is 10.1. The molecule has 0 atom stereocenters. The Balaban J connectivity index is 1.88. The van der Waals surface area contributed by atoms with E-state index in [1.54, 1.807) is 42.3 Å². The third-order valence-corrected chi connectivity index (χ3v) is 4.40. The Morgan fingerprint density at radius 2 is 2.00 bits per heavy atom. The van der Waals surface area contributed by atoms with Gasteiger partial charge in [0, 0.05) is 31.7 Å². The first kappa shape index (κ1) is 18.4. The number of carbonyl (C=O) groups is 1. The second-order valence-corrected chi connectivity index (χ2v) is 6.68. The van der Waals surface area contributed by atoms with E-state index in [9.17, 15) is 9.90 Å². The largest absolute Gasteiger partial charge is 0.494 e. The number of benzene rings is 1. The molecule has 0 saturated carbocycles. The minimum Gasteiger partial charge on any atom is -0.494 e. The highest BCUT2D eigenvalue weighted by Gasteiger charge is 2.17. The third kappa shape index (κ3) is 3.76. The number of amides is 1. The van der Waals surface area contributed by atoms with Crippen LogP contribution in [0, 0.1) is 11.3 Å². The number of rotatable bonds is 5. The lowest BCUT2D eigenvalue weighted by molar-refractivity contribution is 0.0786. The summed E-state index contributed by atoms with van der Waals surface area (Å²) < 4.78 is 0. The van der Waals surface area contributed by atoms with E-state index in [1.165, 1.54) is 6.20 Å². The van der Waals surface area contributed by atoms with Crippen LogP contribution in [0.15, 0.2) is 36.5 Å². The fourth-order valence-corrected chi connectivity index (χ4v) is 2.85. The molecular weight excluding hydrogens is 342 g/mol. The number of aromatic hydroxyl groups is 1. The predicted molar refractivity (Wildman–Crippen MR) is 103 cm³/mol. The van der Waals surface area contributed by atoms with Crippen molar-refractivity contribution in [1.29, 1.82) is 5.26 Å². The van der Waals surface area contributed by atoms with Crippen LogP contribution in [0.4, 0.5) is 0 Å². The molecule has 0 fully saturated rings.